The van der Waals surface area contributed by atoms with Crippen molar-refractivity contribution in [2.45, 2.75) is 43.2 Å². The summed E-state index contributed by atoms with van der Waals surface area (Å²) in [5.41, 5.74) is 11.2. The molecule has 3 aliphatic heterocycles. The standard InChI is InChI=1S/C21H28N7O17P3/c22-17-12-19(25-7-24-17)28(8-26-12)21-16(44-46(33,34)35)14(30)11(43-21)6-41-48(38,39)45-47(36,37)40-5-10-13(29)15(31)20(42-10)27-3-1-2-9(4-27)18(23)32/h1,3-4,7-8,10-11,13-15,20,29-31H,2,5-6H2,(H2,23,32)(H,36,37)(H,38,39)(H2,22,24,25)(H2,33,34,35)/t10-,11-,13-,14+,15-,20-/m0/s1. The van der Waals surface area contributed by atoms with Gasteiger partial charge < -0.3 is 55.5 Å². The van der Waals surface area contributed by atoms with Crippen LogP contribution in [-0.2, 0) is 45.8 Å². The number of amides is 1. The van der Waals surface area contributed by atoms with Crippen molar-refractivity contribution in [3.63, 3.8) is 0 Å². The summed E-state index contributed by atoms with van der Waals surface area (Å²) < 4.78 is 66.7. The molecule has 0 bridgehead atoms. The average Bonchev–Trinajstić information content (AvgIpc) is 3.64. The van der Waals surface area contributed by atoms with Crippen LogP contribution in [0.4, 0.5) is 5.82 Å². The van der Waals surface area contributed by atoms with Gasteiger partial charge in [-0.15, -0.1) is 0 Å². The zero-order chi connectivity index (χ0) is 35.2. The van der Waals surface area contributed by atoms with Crippen molar-refractivity contribution >= 4 is 52.2 Å². The number of anilines is 1. The fourth-order valence-electron chi connectivity index (χ4n) is 4.61. The third-order valence-corrected chi connectivity index (χ3v) is 9.81. The number of nitrogens with zero attached hydrogens (tertiary/aromatic N) is 5. The van der Waals surface area contributed by atoms with Gasteiger partial charge in [-0.25, -0.2) is 33.2 Å². The summed E-state index contributed by atoms with van der Waals surface area (Å²) in [6, 6.07) is 0. The van der Waals surface area contributed by atoms with E-state index in [1.54, 1.807) is 0 Å². The van der Waals surface area contributed by atoms with E-state index in [9.17, 15) is 53.4 Å². The zero-order valence-electron chi connectivity index (χ0n) is 23.9. The van der Waals surface area contributed by atoms with E-state index >= 15 is 0 Å². The van der Waals surface area contributed by atoms with Gasteiger partial charge in [-0.05, 0) is 6.42 Å². The number of ether oxygens (including phenoxy) is 2. The first kappa shape index (κ1) is 36.0. The lowest BCUT2D eigenvalue weighted by Crippen LogP contribution is -2.40. The predicted octanol–water partition coefficient (Wildman–Crippen LogP) is -2.31. The minimum Gasteiger partial charge on any atom is -0.467 e. The lowest BCUT2D eigenvalue weighted by molar-refractivity contribution is -0.115. The highest BCUT2D eigenvalue weighted by Gasteiger charge is 2.48. The zero-order valence-corrected chi connectivity index (χ0v) is 26.6. The molecule has 0 aliphatic carbocycles. The Morgan fingerprint density at radius 2 is 1.67 bits per heavy atom. The Balaban J connectivity index is 1.21. The number of imidazole rings is 1. The van der Waals surface area contributed by atoms with Crippen molar-refractivity contribution in [2.75, 3.05) is 18.9 Å². The van der Waals surface area contributed by atoms with E-state index in [2.05, 4.69) is 32.8 Å². The van der Waals surface area contributed by atoms with Crippen LogP contribution in [0.3, 0.4) is 0 Å². The summed E-state index contributed by atoms with van der Waals surface area (Å²) in [7, 11) is -16.3. The number of aromatic nitrogens is 4. The van der Waals surface area contributed by atoms with Crippen molar-refractivity contribution in [1.29, 1.82) is 0 Å². The van der Waals surface area contributed by atoms with Gasteiger partial charge in [-0.3, -0.25) is 23.6 Å². The Kier molecular flexibility index (Phi) is 10.1. The normalized spacial score (nSPS) is 28.6. The summed E-state index contributed by atoms with van der Waals surface area (Å²) in [6.45, 7) is -2.07. The first-order valence-electron chi connectivity index (χ1n) is 13.3. The van der Waals surface area contributed by atoms with Crippen molar-refractivity contribution in [3.8, 4) is 0 Å². The Morgan fingerprint density at radius 1 is 1.00 bits per heavy atom. The topological polar surface area (TPSA) is 364 Å². The molecule has 2 aromatic heterocycles. The highest BCUT2D eigenvalue weighted by molar-refractivity contribution is 7.61. The van der Waals surface area contributed by atoms with Gasteiger partial charge in [0.25, 0.3) is 0 Å². The number of rotatable bonds is 13. The second kappa shape index (κ2) is 13.5. The fraction of sp³-hybridized carbons (Fsp3) is 0.429. The van der Waals surface area contributed by atoms with Crippen LogP contribution in [0.5, 0.6) is 0 Å². The number of phosphoric ester groups is 3. The van der Waals surface area contributed by atoms with Crippen molar-refractivity contribution < 1.29 is 80.7 Å². The van der Waals surface area contributed by atoms with E-state index in [0.29, 0.717) is 0 Å². The van der Waals surface area contributed by atoms with E-state index in [-0.39, 0.29) is 29.0 Å². The van der Waals surface area contributed by atoms with E-state index in [0.717, 1.165) is 17.2 Å². The van der Waals surface area contributed by atoms with Crippen LogP contribution in [-0.4, -0.2) is 115 Å². The molecule has 0 spiro atoms. The van der Waals surface area contributed by atoms with Crippen molar-refractivity contribution in [1.82, 2.24) is 24.4 Å². The molecule has 1 amide bonds. The SMILES string of the molecule is NC(=O)C1=CN([C@H]2O[C@@H](COP(=O)(O)OP(=O)(O)OC[C@@H]3OC(n4cnc5c(N)ncnc54)=C(OP(=O)(O)O)[C@@H]3O)[C@H](O)[C@@H]2O)C=CC1. The van der Waals surface area contributed by atoms with Gasteiger partial charge in [-0.1, -0.05) is 6.08 Å². The third-order valence-electron chi connectivity index (χ3n) is 6.77. The molecule has 2 unspecified atom stereocenters. The molecule has 0 aromatic carbocycles. The highest BCUT2D eigenvalue weighted by Crippen LogP contribution is 2.61. The number of nitrogens with two attached hydrogens (primary N) is 2. The van der Waals surface area contributed by atoms with Crippen LogP contribution in [0, 0.1) is 0 Å². The number of nitrogen functional groups attached to an aromatic ring is 1. The number of primary amides is 1. The molecule has 2 aromatic rings. The Morgan fingerprint density at radius 3 is 2.31 bits per heavy atom. The van der Waals surface area contributed by atoms with E-state index in [1.165, 1.54) is 23.4 Å². The number of carbonyl (C=O) groups is 1. The molecular formula is C21H28N7O17P3. The van der Waals surface area contributed by atoms with Crippen LogP contribution < -0.4 is 11.5 Å². The molecule has 0 radical (unpaired) electrons. The molecule has 1 saturated heterocycles. The van der Waals surface area contributed by atoms with Crippen molar-refractivity contribution in [3.05, 3.63) is 42.5 Å². The summed E-state index contributed by atoms with van der Waals surface area (Å²) >= 11 is 0. The number of aliphatic hydroxyl groups excluding tert-OH is 3. The molecule has 5 heterocycles. The Hall–Kier alpha value is -3.31. The maximum Gasteiger partial charge on any atom is 0.524 e. The fourth-order valence-corrected chi connectivity index (χ4v) is 7.14. The van der Waals surface area contributed by atoms with Gasteiger partial charge in [0.2, 0.25) is 17.5 Å². The molecule has 27 heteroatoms. The molecule has 48 heavy (non-hydrogen) atoms. The molecule has 24 nitrogen and oxygen atoms in total. The van der Waals surface area contributed by atoms with Crippen LogP contribution in [0.25, 0.3) is 17.0 Å². The largest absolute Gasteiger partial charge is 0.524 e. The quantitative estimate of drug-likeness (QED) is 0.0973. The number of hydrogen-bond donors (Lipinski definition) is 9. The number of carbonyl (C=O) groups excluding carboxylic acids is 1. The maximum absolute atomic E-state index is 12.5. The summed E-state index contributed by atoms with van der Waals surface area (Å²) in [5.74, 6) is -2.26. The van der Waals surface area contributed by atoms with Gasteiger partial charge in [0.05, 0.1) is 13.2 Å². The molecule has 3 aliphatic rings. The molecule has 264 valence electrons. The minimum atomic E-state index is -5.54. The Labute approximate surface area is 267 Å². The van der Waals surface area contributed by atoms with E-state index < -0.39 is 91.0 Å². The number of hydrogen-bond acceptors (Lipinski definition) is 18. The monoisotopic (exact) mass is 743 g/mol. The summed E-state index contributed by atoms with van der Waals surface area (Å²) in [5, 5.41) is 31.5. The van der Waals surface area contributed by atoms with Crippen LogP contribution in [0.15, 0.2) is 42.5 Å². The summed E-state index contributed by atoms with van der Waals surface area (Å²) in [6.07, 6.45) is -3.37. The number of phosphoric acid groups is 3. The highest BCUT2D eigenvalue weighted by atomic mass is 31.3. The van der Waals surface area contributed by atoms with Crippen LogP contribution >= 0.6 is 23.5 Å². The third kappa shape index (κ3) is 7.94. The predicted molar refractivity (Wildman–Crippen MR) is 153 cm³/mol. The van der Waals surface area contributed by atoms with Crippen LogP contribution in [0.1, 0.15) is 6.42 Å². The first-order valence-corrected chi connectivity index (χ1v) is 17.8. The average molecular weight is 743 g/mol. The second-order valence-electron chi connectivity index (χ2n) is 10.1. The number of fused-ring (bicyclic) bond motifs is 1. The van der Waals surface area contributed by atoms with E-state index in [1.807, 2.05) is 0 Å². The molecular weight excluding hydrogens is 715 g/mol. The Bertz CT molecular complexity index is 1810. The van der Waals surface area contributed by atoms with Gasteiger partial charge in [0, 0.05) is 18.0 Å². The van der Waals surface area contributed by atoms with Gasteiger partial charge in [-0.2, -0.15) is 4.31 Å². The van der Waals surface area contributed by atoms with Gasteiger partial charge in [0.15, 0.2) is 35.4 Å². The summed E-state index contributed by atoms with van der Waals surface area (Å²) in [4.78, 5) is 63.3. The number of aliphatic hydroxyl groups is 3. The van der Waals surface area contributed by atoms with Gasteiger partial charge in [0.1, 0.15) is 31.0 Å². The minimum absolute atomic E-state index is 0.0308. The molecule has 8 atom stereocenters. The lowest BCUT2D eigenvalue weighted by atomic mass is 10.1. The number of allylic oxidation sites excluding steroid dienone is 1. The molecule has 5 rings (SSSR count). The van der Waals surface area contributed by atoms with E-state index in [4.69, 9.17) is 20.9 Å². The van der Waals surface area contributed by atoms with Crippen molar-refractivity contribution in [2.24, 2.45) is 5.73 Å². The second-order valence-corrected chi connectivity index (χ2v) is 14.3. The maximum atomic E-state index is 12.5. The first-order chi connectivity index (χ1) is 22.4. The molecule has 1 fully saturated rings. The van der Waals surface area contributed by atoms with Crippen LogP contribution in [0.2, 0.25) is 0 Å². The molecule has 11 N–H and O–H groups in total. The molecule has 0 saturated carbocycles. The van der Waals surface area contributed by atoms with Gasteiger partial charge >= 0.3 is 23.5 Å². The smallest absolute Gasteiger partial charge is 0.467 e. The lowest BCUT2D eigenvalue weighted by Gasteiger charge is -2.28.